The summed E-state index contributed by atoms with van der Waals surface area (Å²) in [7, 11) is 5.53. The molecule has 0 aliphatic carbocycles. The fourth-order valence-electron chi connectivity index (χ4n) is 2.65. The predicted octanol–water partition coefficient (Wildman–Crippen LogP) is 2.30. The molecule has 1 heterocycles. The molecule has 0 spiro atoms. The molecule has 0 unspecified atom stereocenters. The van der Waals surface area contributed by atoms with Crippen molar-refractivity contribution >= 4 is 0 Å². The molecular formula is C18H20N4O. The van der Waals surface area contributed by atoms with Crippen LogP contribution in [-0.4, -0.2) is 44.1 Å². The molecule has 0 saturated carbocycles. The summed E-state index contributed by atoms with van der Waals surface area (Å²) >= 11 is 0. The second-order valence-electron chi connectivity index (χ2n) is 5.69. The fourth-order valence-corrected chi connectivity index (χ4v) is 2.65. The first-order chi connectivity index (χ1) is 11.1. The smallest absolute Gasteiger partial charge is 0.134 e. The number of nitriles is 2. The van der Waals surface area contributed by atoms with Crippen molar-refractivity contribution in [2.75, 3.05) is 34.3 Å². The molecule has 23 heavy (non-hydrogen) atoms. The SMILES string of the molecule is COc1ccc(CN2CC(=C(C#N)C#N)/C(=C\N(C)C)C2)cc1. The van der Waals surface area contributed by atoms with Gasteiger partial charge >= 0.3 is 0 Å². The van der Waals surface area contributed by atoms with E-state index in [2.05, 4.69) is 4.90 Å². The highest BCUT2D eigenvalue weighted by Gasteiger charge is 2.25. The maximum absolute atomic E-state index is 9.17. The number of methoxy groups -OCH3 is 1. The number of nitrogens with zero attached hydrogens (tertiary/aromatic N) is 4. The van der Waals surface area contributed by atoms with E-state index in [1.54, 1.807) is 7.11 Å². The van der Waals surface area contributed by atoms with Crippen LogP contribution in [-0.2, 0) is 6.54 Å². The lowest BCUT2D eigenvalue weighted by Gasteiger charge is -2.14. The highest BCUT2D eigenvalue weighted by atomic mass is 16.5. The molecule has 1 saturated heterocycles. The van der Waals surface area contributed by atoms with Gasteiger partial charge in [-0.25, -0.2) is 0 Å². The summed E-state index contributed by atoms with van der Waals surface area (Å²) in [6.07, 6.45) is 1.98. The van der Waals surface area contributed by atoms with Gasteiger partial charge in [0.15, 0.2) is 0 Å². The van der Waals surface area contributed by atoms with Gasteiger partial charge in [-0.1, -0.05) is 12.1 Å². The second kappa shape index (κ2) is 7.49. The third-order valence-corrected chi connectivity index (χ3v) is 3.67. The van der Waals surface area contributed by atoms with Crippen LogP contribution < -0.4 is 4.74 Å². The average Bonchev–Trinajstić information content (AvgIpc) is 2.91. The molecule has 0 N–H and O–H groups in total. The summed E-state index contributed by atoms with van der Waals surface area (Å²) < 4.78 is 5.17. The van der Waals surface area contributed by atoms with Gasteiger partial charge in [0.25, 0.3) is 0 Å². The van der Waals surface area contributed by atoms with Gasteiger partial charge in [0.05, 0.1) is 7.11 Å². The van der Waals surface area contributed by atoms with Crippen LogP contribution >= 0.6 is 0 Å². The van der Waals surface area contributed by atoms with Crippen LogP contribution in [0.4, 0.5) is 0 Å². The summed E-state index contributed by atoms with van der Waals surface area (Å²) in [5.74, 6) is 0.834. The molecule has 0 atom stereocenters. The van der Waals surface area contributed by atoms with E-state index in [9.17, 15) is 0 Å². The van der Waals surface area contributed by atoms with Crippen molar-refractivity contribution in [2.45, 2.75) is 6.54 Å². The maximum Gasteiger partial charge on any atom is 0.134 e. The third-order valence-electron chi connectivity index (χ3n) is 3.67. The summed E-state index contributed by atoms with van der Waals surface area (Å²) in [6, 6.07) is 12.0. The molecule has 0 radical (unpaired) electrons. The number of hydrogen-bond acceptors (Lipinski definition) is 5. The Labute approximate surface area is 137 Å². The summed E-state index contributed by atoms with van der Waals surface area (Å²) in [5.41, 5.74) is 3.24. The lowest BCUT2D eigenvalue weighted by Crippen LogP contribution is -2.19. The monoisotopic (exact) mass is 308 g/mol. The molecule has 1 aromatic rings. The zero-order chi connectivity index (χ0) is 16.8. The Kier molecular flexibility index (Phi) is 5.41. The second-order valence-corrected chi connectivity index (χ2v) is 5.69. The lowest BCUT2D eigenvalue weighted by atomic mass is 10.1. The Hall–Kier alpha value is -2.76. The molecule has 0 aromatic heterocycles. The number of allylic oxidation sites excluding steroid dienone is 1. The van der Waals surface area contributed by atoms with Crippen molar-refractivity contribution in [3.63, 3.8) is 0 Å². The summed E-state index contributed by atoms with van der Waals surface area (Å²) in [5, 5.41) is 18.3. The van der Waals surface area contributed by atoms with E-state index in [0.29, 0.717) is 6.54 Å². The zero-order valence-corrected chi connectivity index (χ0v) is 13.7. The molecule has 1 aliphatic rings. The number of rotatable bonds is 4. The lowest BCUT2D eigenvalue weighted by molar-refractivity contribution is 0.345. The van der Waals surface area contributed by atoms with Gasteiger partial charge in [-0.05, 0) is 23.3 Å². The fraction of sp³-hybridized carbons (Fsp3) is 0.333. The third kappa shape index (κ3) is 4.12. The molecule has 0 amide bonds. The van der Waals surface area contributed by atoms with E-state index >= 15 is 0 Å². The van der Waals surface area contributed by atoms with Gasteiger partial charge in [0.2, 0.25) is 0 Å². The van der Waals surface area contributed by atoms with Crippen LogP contribution in [0.1, 0.15) is 5.56 Å². The van der Waals surface area contributed by atoms with E-state index in [-0.39, 0.29) is 5.57 Å². The molecular weight excluding hydrogens is 288 g/mol. The Bertz CT molecular complexity index is 686. The molecule has 1 fully saturated rings. The van der Waals surface area contributed by atoms with Gasteiger partial charge in [-0.15, -0.1) is 0 Å². The minimum Gasteiger partial charge on any atom is -0.497 e. The predicted molar refractivity (Wildman–Crippen MR) is 88.3 cm³/mol. The Balaban J connectivity index is 2.21. The van der Waals surface area contributed by atoms with Crippen molar-refractivity contribution in [3.05, 3.63) is 52.7 Å². The average molecular weight is 308 g/mol. The minimum absolute atomic E-state index is 0.204. The summed E-state index contributed by atoms with van der Waals surface area (Å²) in [4.78, 5) is 4.17. The Morgan fingerprint density at radius 2 is 1.87 bits per heavy atom. The molecule has 0 bridgehead atoms. The van der Waals surface area contributed by atoms with Crippen LogP contribution in [0.2, 0.25) is 0 Å². The number of likely N-dealkylation sites (tertiary alicyclic amines) is 1. The minimum atomic E-state index is 0.204. The number of ether oxygens (including phenoxy) is 1. The van der Waals surface area contributed by atoms with Gasteiger partial charge in [-0.3, -0.25) is 4.90 Å². The zero-order valence-electron chi connectivity index (χ0n) is 13.7. The van der Waals surface area contributed by atoms with Crippen LogP contribution in [0.3, 0.4) is 0 Å². The van der Waals surface area contributed by atoms with Gasteiger partial charge < -0.3 is 9.64 Å². The molecule has 118 valence electrons. The Morgan fingerprint density at radius 3 is 2.39 bits per heavy atom. The summed E-state index contributed by atoms with van der Waals surface area (Å²) in [6.45, 7) is 2.11. The highest BCUT2D eigenvalue weighted by Crippen LogP contribution is 2.26. The van der Waals surface area contributed by atoms with Crippen molar-refractivity contribution in [1.82, 2.24) is 9.80 Å². The molecule has 5 nitrogen and oxygen atoms in total. The van der Waals surface area contributed by atoms with E-state index in [1.165, 1.54) is 5.56 Å². The van der Waals surface area contributed by atoms with Crippen molar-refractivity contribution in [2.24, 2.45) is 0 Å². The van der Waals surface area contributed by atoms with Gasteiger partial charge in [0, 0.05) is 45.5 Å². The van der Waals surface area contributed by atoms with Crippen LogP contribution in [0.5, 0.6) is 5.75 Å². The standard InChI is InChI=1S/C18H20N4O/c1-21(2)11-16-12-22(13-18(16)15(8-19)9-20)10-14-4-6-17(23-3)7-5-14/h4-7,11H,10,12-13H2,1-3H3/b16-11-. The van der Waals surface area contributed by atoms with Crippen LogP contribution in [0.15, 0.2) is 47.2 Å². The maximum atomic E-state index is 9.17. The van der Waals surface area contributed by atoms with Crippen LogP contribution in [0.25, 0.3) is 0 Å². The molecule has 5 heteroatoms. The highest BCUT2D eigenvalue weighted by molar-refractivity contribution is 5.52. The van der Waals surface area contributed by atoms with E-state index < -0.39 is 0 Å². The first-order valence-corrected chi connectivity index (χ1v) is 7.33. The number of hydrogen-bond donors (Lipinski definition) is 0. The molecule has 1 aliphatic heterocycles. The normalized spacial score (nSPS) is 16.0. The van der Waals surface area contributed by atoms with Crippen molar-refractivity contribution in [3.8, 4) is 17.9 Å². The quantitative estimate of drug-likeness (QED) is 0.799. The first kappa shape index (κ1) is 16.6. The van der Waals surface area contributed by atoms with Crippen molar-refractivity contribution < 1.29 is 4.74 Å². The Morgan fingerprint density at radius 1 is 1.22 bits per heavy atom. The number of benzene rings is 1. The molecule has 1 aromatic carbocycles. The van der Waals surface area contributed by atoms with Crippen molar-refractivity contribution in [1.29, 1.82) is 10.5 Å². The first-order valence-electron chi connectivity index (χ1n) is 7.33. The van der Waals surface area contributed by atoms with Gasteiger partial charge in [-0.2, -0.15) is 10.5 Å². The van der Waals surface area contributed by atoms with E-state index in [4.69, 9.17) is 15.3 Å². The van der Waals surface area contributed by atoms with Crippen LogP contribution in [0, 0.1) is 22.7 Å². The van der Waals surface area contributed by atoms with E-state index in [1.807, 2.05) is 61.6 Å². The van der Waals surface area contributed by atoms with Gasteiger partial charge in [0.1, 0.15) is 23.5 Å². The molecule has 2 rings (SSSR count). The largest absolute Gasteiger partial charge is 0.497 e. The topological polar surface area (TPSA) is 63.3 Å². The van der Waals surface area contributed by atoms with E-state index in [0.717, 1.165) is 30.0 Å².